The number of aromatic amines is 1. The normalized spacial score (nSPS) is 22.2. The van der Waals surface area contributed by atoms with Crippen LogP contribution in [0.1, 0.15) is 24.8 Å². The first-order valence-electron chi connectivity index (χ1n) is 11.8. The Hall–Kier alpha value is -3.25. The van der Waals surface area contributed by atoms with Gasteiger partial charge in [0.1, 0.15) is 17.4 Å². The second-order valence-electron chi connectivity index (χ2n) is 9.12. The number of fused-ring (bicyclic) bond motifs is 1. The van der Waals surface area contributed by atoms with Gasteiger partial charge in [-0.15, -0.1) is 0 Å². The highest BCUT2D eigenvalue weighted by Crippen LogP contribution is 2.40. The summed E-state index contributed by atoms with van der Waals surface area (Å²) in [5.74, 6) is 2.92. The number of nitrogens with zero attached hydrogens (tertiary/aromatic N) is 1. The smallest absolute Gasteiger partial charge is 0.126 e. The minimum atomic E-state index is 0.0738. The Bertz CT molecular complexity index is 1130. The van der Waals surface area contributed by atoms with Gasteiger partial charge in [-0.05, 0) is 48.5 Å². The van der Waals surface area contributed by atoms with Crippen LogP contribution in [0.2, 0.25) is 0 Å². The molecule has 1 aromatic heterocycles. The molecule has 6 heteroatoms. The van der Waals surface area contributed by atoms with Crippen LogP contribution in [-0.2, 0) is 0 Å². The number of hydrogen-bond donors (Lipinski definition) is 4. The fourth-order valence-electron chi connectivity index (χ4n) is 5.21. The quantitative estimate of drug-likeness (QED) is 0.398. The van der Waals surface area contributed by atoms with E-state index in [4.69, 9.17) is 10.1 Å². The summed E-state index contributed by atoms with van der Waals surface area (Å²) in [5.41, 5.74) is 5.86. The van der Waals surface area contributed by atoms with E-state index in [0.29, 0.717) is 5.84 Å². The van der Waals surface area contributed by atoms with Crippen molar-refractivity contribution >= 4 is 17.7 Å². The van der Waals surface area contributed by atoms with Gasteiger partial charge in [0.2, 0.25) is 0 Å². The number of H-pyrrole nitrogens is 1. The second kappa shape index (κ2) is 9.32. The number of methoxy groups -OCH3 is 1. The molecule has 4 N–H and O–H groups in total. The molecule has 3 heterocycles. The summed E-state index contributed by atoms with van der Waals surface area (Å²) in [6.45, 7) is 2.67. The zero-order chi connectivity index (χ0) is 22.8. The number of aliphatic hydroxyl groups is 1. The van der Waals surface area contributed by atoms with Crippen molar-refractivity contribution in [1.82, 2.24) is 9.88 Å². The summed E-state index contributed by atoms with van der Waals surface area (Å²) in [4.78, 5) is 5.54. The van der Waals surface area contributed by atoms with Crippen molar-refractivity contribution in [3.63, 3.8) is 0 Å². The van der Waals surface area contributed by atoms with Gasteiger partial charge in [0.15, 0.2) is 0 Å². The molecule has 1 aromatic carbocycles. The number of amidine groups is 1. The first-order chi connectivity index (χ1) is 16.2. The monoisotopic (exact) mass is 444 g/mol. The molecule has 33 heavy (non-hydrogen) atoms. The minimum absolute atomic E-state index is 0.0738. The number of rotatable bonds is 5. The van der Waals surface area contributed by atoms with Crippen LogP contribution >= 0.6 is 0 Å². The van der Waals surface area contributed by atoms with E-state index in [1.807, 2.05) is 24.4 Å². The van der Waals surface area contributed by atoms with Gasteiger partial charge in [-0.2, -0.15) is 0 Å². The van der Waals surface area contributed by atoms with E-state index in [0.717, 1.165) is 67.2 Å². The number of para-hydroxylation sites is 1. The highest BCUT2D eigenvalue weighted by Gasteiger charge is 2.28. The number of benzene rings is 1. The van der Waals surface area contributed by atoms with Gasteiger partial charge in [0, 0.05) is 55.0 Å². The third-order valence-electron chi connectivity index (χ3n) is 7.05. The maximum absolute atomic E-state index is 9.57. The SMILES string of the molecule is COc1ccccc1-c1c[nH]c2c1C=C(C1=CC=CC(C(=N)N3CCCC(CO)C3)C1)CN2. The van der Waals surface area contributed by atoms with Crippen LogP contribution in [0.25, 0.3) is 17.2 Å². The van der Waals surface area contributed by atoms with Crippen LogP contribution in [0.3, 0.4) is 0 Å². The Morgan fingerprint density at radius 2 is 2.12 bits per heavy atom. The largest absolute Gasteiger partial charge is 0.496 e. The lowest BCUT2D eigenvalue weighted by Crippen LogP contribution is -2.43. The lowest BCUT2D eigenvalue weighted by molar-refractivity contribution is 0.158. The molecule has 1 aliphatic carbocycles. The Labute approximate surface area is 195 Å². The zero-order valence-electron chi connectivity index (χ0n) is 19.1. The van der Waals surface area contributed by atoms with Crippen molar-refractivity contribution < 1.29 is 9.84 Å². The average molecular weight is 445 g/mol. The summed E-state index contributed by atoms with van der Waals surface area (Å²) in [6, 6.07) is 8.09. The predicted molar refractivity (Wildman–Crippen MR) is 134 cm³/mol. The van der Waals surface area contributed by atoms with Gasteiger partial charge in [0.25, 0.3) is 0 Å². The van der Waals surface area contributed by atoms with E-state index in [1.54, 1.807) is 7.11 Å². The molecule has 0 saturated carbocycles. The van der Waals surface area contributed by atoms with Crippen molar-refractivity contribution in [2.45, 2.75) is 19.3 Å². The number of anilines is 1. The van der Waals surface area contributed by atoms with E-state index in [1.165, 1.54) is 11.1 Å². The zero-order valence-corrected chi connectivity index (χ0v) is 19.1. The number of hydrogen-bond acceptors (Lipinski definition) is 4. The average Bonchev–Trinajstić information content (AvgIpc) is 3.31. The van der Waals surface area contributed by atoms with Crippen molar-refractivity contribution in [3.05, 3.63) is 65.4 Å². The van der Waals surface area contributed by atoms with Crippen molar-refractivity contribution in [3.8, 4) is 16.9 Å². The lowest BCUT2D eigenvalue weighted by atomic mass is 9.86. The third kappa shape index (κ3) is 4.23. The third-order valence-corrected chi connectivity index (χ3v) is 7.05. The Morgan fingerprint density at radius 1 is 1.24 bits per heavy atom. The van der Waals surface area contributed by atoms with E-state index in [2.05, 4.69) is 45.6 Å². The van der Waals surface area contributed by atoms with Crippen LogP contribution in [0.4, 0.5) is 5.82 Å². The molecular weight excluding hydrogens is 412 g/mol. The predicted octanol–water partition coefficient (Wildman–Crippen LogP) is 4.68. The summed E-state index contributed by atoms with van der Waals surface area (Å²) in [7, 11) is 1.71. The number of nitrogens with one attached hydrogen (secondary N) is 3. The molecular formula is C27H32N4O2. The van der Waals surface area contributed by atoms with Gasteiger partial charge < -0.3 is 25.0 Å². The molecule has 2 aromatic rings. The topological polar surface area (TPSA) is 84.4 Å². The molecule has 2 unspecified atom stereocenters. The molecule has 5 rings (SSSR count). The van der Waals surface area contributed by atoms with E-state index in [9.17, 15) is 5.11 Å². The van der Waals surface area contributed by atoms with Gasteiger partial charge in [-0.1, -0.05) is 36.4 Å². The van der Waals surface area contributed by atoms with Gasteiger partial charge >= 0.3 is 0 Å². The molecule has 1 fully saturated rings. The minimum Gasteiger partial charge on any atom is -0.496 e. The highest BCUT2D eigenvalue weighted by atomic mass is 16.5. The fourth-order valence-corrected chi connectivity index (χ4v) is 5.21. The summed E-state index contributed by atoms with van der Waals surface area (Å²) < 4.78 is 5.60. The van der Waals surface area contributed by atoms with Gasteiger partial charge in [0.05, 0.1) is 7.11 Å². The van der Waals surface area contributed by atoms with E-state index >= 15 is 0 Å². The van der Waals surface area contributed by atoms with Gasteiger partial charge in [-0.3, -0.25) is 5.41 Å². The van der Waals surface area contributed by atoms with Crippen molar-refractivity contribution in [1.29, 1.82) is 5.41 Å². The molecule has 172 valence electrons. The van der Waals surface area contributed by atoms with Crippen LogP contribution in [0, 0.1) is 17.2 Å². The number of likely N-dealkylation sites (tertiary alicyclic amines) is 1. The van der Waals surface area contributed by atoms with Crippen LogP contribution in [0.15, 0.2) is 59.8 Å². The number of aliphatic hydroxyl groups excluding tert-OH is 1. The molecule has 6 nitrogen and oxygen atoms in total. The molecule has 2 atom stereocenters. The van der Waals surface area contributed by atoms with Crippen LogP contribution in [0.5, 0.6) is 5.75 Å². The maximum atomic E-state index is 9.57. The van der Waals surface area contributed by atoms with Crippen molar-refractivity contribution in [2.75, 3.05) is 38.7 Å². The molecule has 1 saturated heterocycles. The van der Waals surface area contributed by atoms with E-state index < -0.39 is 0 Å². The van der Waals surface area contributed by atoms with E-state index in [-0.39, 0.29) is 18.4 Å². The number of ether oxygens (including phenoxy) is 1. The summed E-state index contributed by atoms with van der Waals surface area (Å²) >= 11 is 0. The summed E-state index contributed by atoms with van der Waals surface area (Å²) in [6.07, 6.45) is 13.7. The molecule has 3 aliphatic rings. The fraction of sp³-hybridized carbons (Fsp3) is 0.370. The first kappa shape index (κ1) is 21.6. The summed E-state index contributed by atoms with van der Waals surface area (Å²) in [5, 5.41) is 21.9. The number of allylic oxidation sites excluding steroid dienone is 2. The molecule has 2 aliphatic heterocycles. The van der Waals surface area contributed by atoms with Crippen LogP contribution < -0.4 is 10.1 Å². The highest BCUT2D eigenvalue weighted by molar-refractivity contribution is 5.88. The Balaban J connectivity index is 1.37. The lowest BCUT2D eigenvalue weighted by Gasteiger charge is -2.36. The Morgan fingerprint density at radius 3 is 2.97 bits per heavy atom. The number of aromatic nitrogens is 1. The second-order valence-corrected chi connectivity index (χ2v) is 9.12. The van der Waals surface area contributed by atoms with Crippen molar-refractivity contribution in [2.24, 2.45) is 11.8 Å². The Kier molecular flexibility index (Phi) is 6.09. The molecule has 0 spiro atoms. The van der Waals surface area contributed by atoms with Crippen LogP contribution in [-0.4, -0.2) is 54.2 Å². The van der Waals surface area contributed by atoms with Gasteiger partial charge in [-0.25, -0.2) is 0 Å². The molecule has 0 amide bonds. The first-order valence-corrected chi connectivity index (χ1v) is 11.8. The molecule has 0 bridgehead atoms. The molecule has 0 radical (unpaired) electrons. The maximum Gasteiger partial charge on any atom is 0.126 e. The number of piperidine rings is 1. The standard InChI is InChI=1S/C27H32N4O2/c1-33-25-10-3-2-9-22(25)24-15-30-27-23(24)13-21(14-29-27)19-7-4-8-20(12-19)26(28)31-11-5-6-18(16-31)17-32/h2-4,7-10,13,15,18,20,28-30,32H,5-6,11-12,14,16-17H2,1H3.